The Morgan fingerprint density at radius 1 is 0.472 bits per heavy atom. The van der Waals surface area contributed by atoms with E-state index in [4.69, 9.17) is 4.55 Å². The first-order valence-corrected chi connectivity index (χ1v) is 17.0. The first kappa shape index (κ1) is 33.2. The Balaban J connectivity index is 1.74. The fraction of sp³-hybridized carbons (Fsp3) is 0.812. The van der Waals surface area contributed by atoms with E-state index >= 15 is 0 Å². The standard InChI is InChI=1S/C32H58O3S/c1-2-3-4-5-6-7-8-9-10-11-12-13-14-15-16-17-18-19-20-21-22-23-24-25-26-31-27-29-32(30-28-31)36(33,34)35/h27-30H,2-26H2,1H3,(H,33,34,35). The van der Waals surface area contributed by atoms with Crippen LogP contribution < -0.4 is 0 Å². The third-order valence-corrected chi connectivity index (χ3v) is 8.41. The van der Waals surface area contributed by atoms with E-state index in [1.165, 1.54) is 160 Å². The molecular weight excluding hydrogens is 464 g/mol. The number of benzene rings is 1. The van der Waals surface area contributed by atoms with Crippen molar-refractivity contribution < 1.29 is 13.0 Å². The van der Waals surface area contributed by atoms with Gasteiger partial charge < -0.3 is 0 Å². The Bertz CT molecular complexity index is 697. The Kier molecular flexibility index (Phi) is 21.4. The molecule has 0 aromatic heterocycles. The van der Waals surface area contributed by atoms with Crippen molar-refractivity contribution in [2.24, 2.45) is 0 Å². The van der Waals surface area contributed by atoms with Gasteiger partial charge in [-0.3, -0.25) is 4.55 Å². The molecule has 0 spiro atoms. The van der Waals surface area contributed by atoms with Crippen LogP contribution in [0.2, 0.25) is 0 Å². The zero-order chi connectivity index (χ0) is 26.2. The highest BCUT2D eigenvalue weighted by molar-refractivity contribution is 7.85. The van der Waals surface area contributed by atoms with Crippen LogP contribution in [-0.4, -0.2) is 13.0 Å². The molecule has 0 bridgehead atoms. The maximum atomic E-state index is 11.1. The van der Waals surface area contributed by atoms with Crippen molar-refractivity contribution in [1.82, 2.24) is 0 Å². The highest BCUT2D eigenvalue weighted by Crippen LogP contribution is 2.17. The summed E-state index contributed by atoms with van der Waals surface area (Å²) in [6.07, 6.45) is 34.7. The fourth-order valence-electron chi connectivity index (χ4n) is 5.12. The van der Waals surface area contributed by atoms with Crippen LogP contribution in [-0.2, 0) is 16.5 Å². The van der Waals surface area contributed by atoms with Gasteiger partial charge in [0.2, 0.25) is 0 Å². The minimum Gasteiger partial charge on any atom is -0.282 e. The van der Waals surface area contributed by atoms with Crippen LogP contribution in [0.25, 0.3) is 0 Å². The summed E-state index contributed by atoms with van der Waals surface area (Å²) < 4.78 is 31.2. The largest absolute Gasteiger partial charge is 0.294 e. The number of aryl methyl sites for hydroxylation is 1. The second kappa shape index (κ2) is 23.3. The molecule has 1 aromatic rings. The number of hydrogen-bond acceptors (Lipinski definition) is 2. The van der Waals surface area contributed by atoms with E-state index in [1.807, 2.05) is 12.1 Å². The van der Waals surface area contributed by atoms with E-state index in [2.05, 4.69) is 6.92 Å². The Morgan fingerprint density at radius 2 is 0.750 bits per heavy atom. The van der Waals surface area contributed by atoms with Crippen LogP contribution in [0.15, 0.2) is 29.2 Å². The van der Waals surface area contributed by atoms with Gasteiger partial charge in [0.1, 0.15) is 0 Å². The fourth-order valence-corrected chi connectivity index (χ4v) is 5.60. The molecule has 0 amide bonds. The summed E-state index contributed by atoms with van der Waals surface area (Å²) in [4.78, 5) is -0.0224. The summed E-state index contributed by atoms with van der Waals surface area (Å²) >= 11 is 0. The highest BCUT2D eigenvalue weighted by Gasteiger charge is 2.08. The van der Waals surface area contributed by atoms with Crippen LogP contribution in [0.3, 0.4) is 0 Å². The molecule has 1 N–H and O–H groups in total. The van der Waals surface area contributed by atoms with Gasteiger partial charge in [-0.2, -0.15) is 8.42 Å². The van der Waals surface area contributed by atoms with Crippen molar-refractivity contribution in [3.05, 3.63) is 29.8 Å². The van der Waals surface area contributed by atoms with Gasteiger partial charge in [0.05, 0.1) is 4.90 Å². The van der Waals surface area contributed by atoms with E-state index in [9.17, 15) is 8.42 Å². The summed E-state index contributed by atoms with van der Waals surface area (Å²) in [5, 5.41) is 0. The SMILES string of the molecule is CCCCCCCCCCCCCCCCCCCCCCCCCCc1ccc(S(=O)(=O)O)cc1. The molecule has 0 saturated heterocycles. The minimum absolute atomic E-state index is 0.0224. The summed E-state index contributed by atoms with van der Waals surface area (Å²) in [6, 6.07) is 6.59. The number of hydrogen-bond donors (Lipinski definition) is 1. The Morgan fingerprint density at radius 3 is 1.03 bits per heavy atom. The predicted molar refractivity (Wildman–Crippen MR) is 156 cm³/mol. The molecule has 0 saturated carbocycles. The molecule has 1 aromatic carbocycles. The molecule has 0 aliphatic rings. The van der Waals surface area contributed by atoms with Gasteiger partial charge in [-0.05, 0) is 30.5 Å². The van der Waals surface area contributed by atoms with Crippen LogP contribution in [0.5, 0.6) is 0 Å². The third kappa shape index (κ3) is 20.2. The maximum absolute atomic E-state index is 11.1. The molecule has 0 atom stereocenters. The van der Waals surface area contributed by atoms with Crippen molar-refractivity contribution in [2.45, 2.75) is 172 Å². The van der Waals surface area contributed by atoms with Gasteiger partial charge in [0, 0.05) is 0 Å². The van der Waals surface area contributed by atoms with E-state index in [0.717, 1.165) is 18.4 Å². The van der Waals surface area contributed by atoms with Crippen LogP contribution in [0, 0.1) is 0 Å². The zero-order valence-electron chi connectivity index (χ0n) is 23.7. The average molecular weight is 523 g/mol. The molecule has 3 nitrogen and oxygen atoms in total. The van der Waals surface area contributed by atoms with Gasteiger partial charge in [-0.1, -0.05) is 167 Å². The summed E-state index contributed by atoms with van der Waals surface area (Å²) in [5.41, 5.74) is 1.14. The summed E-state index contributed by atoms with van der Waals surface area (Å²) in [6.45, 7) is 2.29. The second-order valence-electron chi connectivity index (χ2n) is 11.0. The molecule has 1 rings (SSSR count). The lowest BCUT2D eigenvalue weighted by atomic mass is 10.0. The molecule has 0 radical (unpaired) electrons. The first-order valence-electron chi connectivity index (χ1n) is 15.6. The van der Waals surface area contributed by atoms with Crippen LogP contribution >= 0.6 is 0 Å². The molecule has 4 heteroatoms. The van der Waals surface area contributed by atoms with Crippen LogP contribution in [0.1, 0.15) is 167 Å². The van der Waals surface area contributed by atoms with E-state index < -0.39 is 10.1 Å². The molecule has 0 aliphatic carbocycles. The topological polar surface area (TPSA) is 54.4 Å². The molecule has 0 unspecified atom stereocenters. The van der Waals surface area contributed by atoms with Gasteiger partial charge in [-0.25, -0.2) is 0 Å². The molecule has 0 aliphatic heterocycles. The van der Waals surface area contributed by atoms with Crippen LogP contribution in [0.4, 0.5) is 0 Å². The highest BCUT2D eigenvalue weighted by atomic mass is 32.2. The van der Waals surface area contributed by atoms with E-state index in [1.54, 1.807) is 0 Å². The Labute approximate surface area is 225 Å². The van der Waals surface area contributed by atoms with Gasteiger partial charge >= 0.3 is 0 Å². The zero-order valence-corrected chi connectivity index (χ0v) is 24.5. The third-order valence-electron chi connectivity index (χ3n) is 7.54. The van der Waals surface area contributed by atoms with Gasteiger partial charge in [0.15, 0.2) is 0 Å². The van der Waals surface area contributed by atoms with Crippen molar-refractivity contribution >= 4 is 10.1 Å². The average Bonchev–Trinajstić information content (AvgIpc) is 2.86. The lowest BCUT2D eigenvalue weighted by molar-refractivity contribution is 0.483. The predicted octanol–water partition coefficient (Wildman–Crippen LogP) is 10.9. The molecule has 36 heavy (non-hydrogen) atoms. The molecule has 0 fully saturated rings. The van der Waals surface area contributed by atoms with Crippen molar-refractivity contribution in [3.63, 3.8) is 0 Å². The monoisotopic (exact) mass is 522 g/mol. The van der Waals surface area contributed by atoms with Gasteiger partial charge in [0.25, 0.3) is 10.1 Å². The second-order valence-corrected chi connectivity index (χ2v) is 12.4. The maximum Gasteiger partial charge on any atom is 0.294 e. The lowest BCUT2D eigenvalue weighted by Crippen LogP contribution is -1.98. The van der Waals surface area contributed by atoms with Gasteiger partial charge in [-0.15, -0.1) is 0 Å². The first-order chi connectivity index (χ1) is 17.5. The summed E-state index contributed by atoms with van der Waals surface area (Å²) in [7, 11) is -4.08. The Hall–Kier alpha value is -0.870. The van der Waals surface area contributed by atoms with Crippen molar-refractivity contribution in [2.75, 3.05) is 0 Å². The molecular formula is C32H58O3S. The van der Waals surface area contributed by atoms with Crippen molar-refractivity contribution in [3.8, 4) is 0 Å². The smallest absolute Gasteiger partial charge is 0.282 e. The molecule has 0 heterocycles. The quantitative estimate of drug-likeness (QED) is 0.0972. The normalized spacial score (nSPS) is 11.8. The van der Waals surface area contributed by atoms with Crippen molar-refractivity contribution in [1.29, 1.82) is 0 Å². The van der Waals surface area contributed by atoms with E-state index in [-0.39, 0.29) is 4.90 Å². The number of rotatable bonds is 26. The number of unbranched alkanes of at least 4 members (excludes halogenated alkanes) is 23. The summed E-state index contributed by atoms with van der Waals surface area (Å²) in [5.74, 6) is 0. The van der Waals surface area contributed by atoms with E-state index in [0.29, 0.717) is 0 Å². The molecule has 210 valence electrons. The minimum atomic E-state index is -4.08. The lowest BCUT2D eigenvalue weighted by Gasteiger charge is -2.05.